The molecule has 2 heterocycles. The summed E-state index contributed by atoms with van der Waals surface area (Å²) in [6.07, 6.45) is 9.14. The van der Waals surface area contributed by atoms with Gasteiger partial charge in [-0.2, -0.15) is 21.4 Å². The molecule has 0 bridgehead atoms. The largest absolute Gasteiger partial charge is 0.356 e. The molecule has 2 aromatic rings. The van der Waals surface area contributed by atoms with Crippen LogP contribution in [0.3, 0.4) is 0 Å². The number of fused-ring (bicyclic) bond motifs is 2. The maximum absolute atomic E-state index is 12.2. The number of hydrogen-bond acceptors (Lipinski definition) is 7. The molecular formula is C34H45N6O7S2+. The van der Waals surface area contributed by atoms with Crippen LogP contribution in [0.1, 0.15) is 77.8 Å². The smallest absolute Gasteiger partial charge is 0.294 e. The summed E-state index contributed by atoms with van der Waals surface area (Å²) in [5, 5.41) is 6.29. The van der Waals surface area contributed by atoms with E-state index in [2.05, 4.69) is 24.8 Å². The lowest BCUT2D eigenvalue weighted by Crippen LogP contribution is -2.28. The predicted octanol–water partition coefficient (Wildman–Crippen LogP) is 6.19. The molecule has 0 saturated carbocycles. The molecule has 1 amide bonds. The second-order valence-corrected chi connectivity index (χ2v) is 16.1. The molecule has 0 unspecified atom stereocenters. The lowest BCUT2D eigenvalue weighted by molar-refractivity contribution is -0.438. The lowest BCUT2D eigenvalue weighted by Gasteiger charge is -2.25. The Balaban J connectivity index is 1.61. The molecule has 264 valence electrons. The average Bonchev–Trinajstić information content (AvgIpc) is 3.37. The van der Waals surface area contributed by atoms with E-state index < -0.39 is 31.1 Å². The van der Waals surface area contributed by atoms with Gasteiger partial charge >= 0.3 is 0 Å². The summed E-state index contributed by atoms with van der Waals surface area (Å²) in [6, 6.07) is 9.27. The fraction of sp³-hybridized carbons (Fsp3) is 0.471. The highest BCUT2D eigenvalue weighted by Crippen LogP contribution is 2.48. The van der Waals surface area contributed by atoms with Gasteiger partial charge in [0, 0.05) is 71.9 Å². The Labute approximate surface area is 288 Å². The van der Waals surface area contributed by atoms with Crippen LogP contribution in [0.25, 0.3) is 10.4 Å². The van der Waals surface area contributed by atoms with Crippen molar-refractivity contribution in [2.24, 2.45) is 5.11 Å². The Morgan fingerprint density at radius 3 is 2.24 bits per heavy atom. The van der Waals surface area contributed by atoms with Crippen LogP contribution in [-0.2, 0) is 35.9 Å². The second kappa shape index (κ2) is 14.9. The molecule has 0 spiro atoms. The molecule has 0 saturated heterocycles. The number of rotatable bonds is 15. The van der Waals surface area contributed by atoms with Crippen molar-refractivity contribution in [3.8, 4) is 0 Å². The van der Waals surface area contributed by atoms with Crippen LogP contribution in [-0.4, -0.2) is 68.3 Å². The van der Waals surface area contributed by atoms with Crippen LogP contribution in [0.2, 0.25) is 0 Å². The number of carbonyl (C=O) groups excluding carboxylic acids is 1. The zero-order valence-corrected chi connectivity index (χ0v) is 30.2. The second-order valence-electron chi connectivity index (χ2n) is 13.2. The minimum Gasteiger partial charge on any atom is -0.356 e. The van der Waals surface area contributed by atoms with E-state index in [0.29, 0.717) is 45.4 Å². The number of amides is 1. The summed E-state index contributed by atoms with van der Waals surface area (Å²) in [7, 11) is -8.79. The maximum Gasteiger partial charge on any atom is 0.294 e. The van der Waals surface area contributed by atoms with E-state index in [0.717, 1.165) is 46.8 Å². The van der Waals surface area contributed by atoms with Gasteiger partial charge in [-0.15, -0.1) is 0 Å². The number of nitrogens with zero attached hydrogens (tertiary/aromatic N) is 5. The highest BCUT2D eigenvalue weighted by Gasteiger charge is 2.45. The molecule has 2 aromatic carbocycles. The Morgan fingerprint density at radius 1 is 0.959 bits per heavy atom. The van der Waals surface area contributed by atoms with E-state index in [1.807, 2.05) is 52.8 Å². The summed E-state index contributed by atoms with van der Waals surface area (Å²) in [6.45, 7) is 12.1. The molecule has 15 heteroatoms. The number of carbonyl (C=O) groups is 1. The van der Waals surface area contributed by atoms with E-state index in [1.54, 1.807) is 12.1 Å². The van der Waals surface area contributed by atoms with Gasteiger partial charge in [0.05, 0.1) is 15.2 Å². The van der Waals surface area contributed by atoms with Crippen LogP contribution in [0.15, 0.2) is 75.2 Å². The van der Waals surface area contributed by atoms with Gasteiger partial charge < -0.3 is 10.2 Å². The molecule has 0 atom stereocenters. The van der Waals surface area contributed by atoms with Crippen LogP contribution >= 0.6 is 0 Å². The van der Waals surface area contributed by atoms with Gasteiger partial charge in [0.2, 0.25) is 11.6 Å². The normalized spacial score (nSPS) is 17.4. The van der Waals surface area contributed by atoms with Crippen LogP contribution in [0.5, 0.6) is 0 Å². The number of allylic oxidation sites excluding steroid dienone is 4. The molecule has 2 aliphatic rings. The standard InChI is InChI=1S/C34H44N6O7S2/c1-6-39-28-17-15-24(48(42,43)44)22-26(28)33(2,3)30(39)12-10-13-31-34(4,5)27-23-25(49(45,46)47)16-18-29(27)40(31)21-9-7-8-14-32(41)36-19-11-20-37-38-35/h10,12-13,15-18,22-23H,6-9,11,14,19-21H2,1-5H3,(H2-,36,41,42,43,44,45,46,47)/p+1. The Kier molecular flexibility index (Phi) is 11.5. The molecule has 2 aliphatic heterocycles. The van der Waals surface area contributed by atoms with Crippen molar-refractivity contribution < 1.29 is 35.3 Å². The van der Waals surface area contributed by atoms with E-state index in [-0.39, 0.29) is 15.7 Å². The van der Waals surface area contributed by atoms with E-state index in [4.69, 9.17) is 5.53 Å². The van der Waals surface area contributed by atoms with Gasteiger partial charge in [-0.1, -0.05) is 25.0 Å². The Morgan fingerprint density at radius 2 is 1.61 bits per heavy atom. The molecular weight excluding hydrogens is 669 g/mol. The lowest BCUT2D eigenvalue weighted by atomic mass is 9.81. The zero-order chi connectivity index (χ0) is 36.2. The third-order valence-corrected chi connectivity index (χ3v) is 11.0. The summed E-state index contributed by atoms with van der Waals surface area (Å²) in [5.74, 6) is -0.0538. The Hall–Kier alpha value is -4.01. The summed E-state index contributed by atoms with van der Waals surface area (Å²) in [4.78, 5) is 16.7. The number of likely N-dealkylation sites (N-methyl/N-ethyl adjacent to an activating group) is 1. The first-order chi connectivity index (χ1) is 22.9. The van der Waals surface area contributed by atoms with E-state index in [9.17, 15) is 30.7 Å². The van der Waals surface area contributed by atoms with Crippen molar-refractivity contribution in [3.63, 3.8) is 0 Å². The van der Waals surface area contributed by atoms with E-state index in [1.165, 1.54) is 24.3 Å². The van der Waals surface area contributed by atoms with Gasteiger partial charge in [-0.25, -0.2) is 0 Å². The van der Waals surface area contributed by atoms with Gasteiger partial charge in [0.1, 0.15) is 6.54 Å². The molecule has 0 aromatic heterocycles. The van der Waals surface area contributed by atoms with Crippen molar-refractivity contribution in [2.75, 3.05) is 31.1 Å². The molecule has 0 aliphatic carbocycles. The van der Waals surface area contributed by atoms with Gasteiger partial charge in [-0.3, -0.25) is 13.9 Å². The number of azide groups is 1. The summed E-state index contributed by atoms with van der Waals surface area (Å²) >= 11 is 0. The van der Waals surface area contributed by atoms with Crippen molar-refractivity contribution in [2.45, 2.75) is 87.3 Å². The van der Waals surface area contributed by atoms with Crippen LogP contribution in [0, 0.1) is 0 Å². The number of nitrogens with one attached hydrogen (secondary N) is 1. The van der Waals surface area contributed by atoms with Crippen molar-refractivity contribution in [1.82, 2.24) is 5.32 Å². The first-order valence-electron chi connectivity index (χ1n) is 16.3. The quantitative estimate of drug-likeness (QED) is 0.0485. The molecule has 13 nitrogen and oxygen atoms in total. The minimum absolute atomic E-state index is 0.0538. The predicted molar refractivity (Wildman–Crippen MR) is 189 cm³/mol. The molecule has 0 radical (unpaired) electrons. The fourth-order valence-electron chi connectivity index (χ4n) is 6.68. The first-order valence-corrected chi connectivity index (χ1v) is 19.2. The van der Waals surface area contributed by atoms with Crippen molar-refractivity contribution in [1.29, 1.82) is 0 Å². The van der Waals surface area contributed by atoms with Crippen molar-refractivity contribution >= 4 is 43.2 Å². The third-order valence-electron chi connectivity index (χ3n) is 9.25. The Bertz CT molecular complexity index is 1980. The van der Waals surface area contributed by atoms with Crippen LogP contribution in [0.4, 0.5) is 11.4 Å². The maximum atomic E-state index is 12.2. The molecule has 4 rings (SSSR count). The molecule has 49 heavy (non-hydrogen) atoms. The van der Waals surface area contributed by atoms with Crippen LogP contribution < -0.4 is 10.2 Å². The van der Waals surface area contributed by atoms with Gasteiger partial charge in [0.15, 0.2) is 5.71 Å². The highest BCUT2D eigenvalue weighted by atomic mass is 32.2. The number of benzene rings is 2. The van der Waals surface area contributed by atoms with Crippen molar-refractivity contribution in [3.05, 3.63) is 81.9 Å². The van der Waals surface area contributed by atoms with E-state index >= 15 is 0 Å². The first kappa shape index (κ1) is 37.8. The topological polar surface area (TPSA) is 193 Å². The number of hydrogen-bond donors (Lipinski definition) is 3. The zero-order valence-electron chi connectivity index (χ0n) is 28.5. The highest BCUT2D eigenvalue weighted by molar-refractivity contribution is 7.86. The number of unbranched alkanes of at least 4 members (excludes halogenated alkanes) is 2. The summed E-state index contributed by atoms with van der Waals surface area (Å²) < 4.78 is 69.5. The molecule has 3 N–H and O–H groups in total. The fourth-order valence-corrected chi connectivity index (χ4v) is 7.70. The van der Waals surface area contributed by atoms with Gasteiger partial charge in [-0.05, 0) is 87.5 Å². The monoisotopic (exact) mass is 713 g/mol. The average molecular weight is 714 g/mol. The SMILES string of the molecule is CCN1C(=C/C=C/C2=[N+](CCCCCC(=O)NCCCN=[N+]=[N-])c3ccc(S(=O)(=O)O)cc3C2(C)C)C(C)(C)c2cc(S(=O)(=O)O)ccc21. The molecule has 0 fully saturated rings. The van der Waals surface area contributed by atoms with Gasteiger partial charge in [0.25, 0.3) is 20.2 Å². The minimum atomic E-state index is -4.42. The summed E-state index contributed by atoms with van der Waals surface area (Å²) in [5.41, 5.74) is 12.3. The number of anilines is 1. The third kappa shape index (κ3) is 8.25.